The number of fused-ring (bicyclic) bond motifs is 1. The van der Waals surface area contributed by atoms with Crippen molar-refractivity contribution in [3.63, 3.8) is 0 Å². The van der Waals surface area contributed by atoms with E-state index >= 15 is 0 Å². The van der Waals surface area contributed by atoms with Gasteiger partial charge in [-0.2, -0.15) is 0 Å². The van der Waals surface area contributed by atoms with E-state index in [4.69, 9.17) is 14.2 Å². The van der Waals surface area contributed by atoms with Crippen molar-refractivity contribution < 1.29 is 14.2 Å². The van der Waals surface area contributed by atoms with Gasteiger partial charge in [-0.1, -0.05) is 31.4 Å². The van der Waals surface area contributed by atoms with E-state index < -0.39 is 6.04 Å². The Bertz CT molecular complexity index is 1440. The van der Waals surface area contributed by atoms with Crippen LogP contribution in [-0.2, 0) is 6.54 Å². The van der Waals surface area contributed by atoms with E-state index in [1.54, 1.807) is 32.1 Å². The van der Waals surface area contributed by atoms with E-state index in [2.05, 4.69) is 32.5 Å². The predicted molar refractivity (Wildman–Crippen MR) is 144 cm³/mol. The minimum absolute atomic E-state index is 0.184. The van der Waals surface area contributed by atoms with Crippen molar-refractivity contribution in [2.75, 3.05) is 28.4 Å². The van der Waals surface area contributed by atoms with Gasteiger partial charge in [0.25, 0.3) is 5.56 Å². The lowest BCUT2D eigenvalue weighted by atomic mass is 9.92. The zero-order chi connectivity index (χ0) is 26.6. The van der Waals surface area contributed by atoms with E-state index in [9.17, 15) is 4.79 Å². The molecule has 0 aliphatic heterocycles. The van der Waals surface area contributed by atoms with Crippen LogP contribution in [-0.4, -0.2) is 64.5 Å². The number of benzene rings is 2. The zero-order valence-corrected chi connectivity index (χ0v) is 22.3. The molecule has 0 saturated heterocycles. The summed E-state index contributed by atoms with van der Waals surface area (Å²) in [6.45, 7) is 0.470. The van der Waals surface area contributed by atoms with E-state index in [1.165, 1.54) is 19.3 Å². The monoisotopic (exact) mass is 518 g/mol. The Labute approximate surface area is 221 Å². The van der Waals surface area contributed by atoms with E-state index in [0.717, 1.165) is 29.5 Å². The second kappa shape index (κ2) is 11.2. The highest BCUT2D eigenvalue weighted by molar-refractivity contribution is 5.83. The van der Waals surface area contributed by atoms with Crippen molar-refractivity contribution in [1.29, 1.82) is 0 Å². The highest BCUT2D eigenvalue weighted by Gasteiger charge is 2.33. The third-order valence-electron chi connectivity index (χ3n) is 7.53. The zero-order valence-electron chi connectivity index (χ0n) is 22.3. The number of methoxy groups -OCH3 is 3. The molecule has 2 aromatic heterocycles. The van der Waals surface area contributed by atoms with Crippen LogP contribution in [0.2, 0.25) is 0 Å². The molecule has 0 spiro atoms. The summed E-state index contributed by atoms with van der Waals surface area (Å²) < 4.78 is 18.0. The first-order valence-electron chi connectivity index (χ1n) is 12.9. The number of aromatic nitrogens is 5. The number of pyridine rings is 1. The van der Waals surface area contributed by atoms with Crippen LogP contribution in [0.1, 0.15) is 55.1 Å². The van der Waals surface area contributed by atoms with Gasteiger partial charge in [-0.3, -0.25) is 9.69 Å². The van der Waals surface area contributed by atoms with Gasteiger partial charge in [0, 0.05) is 23.1 Å². The van der Waals surface area contributed by atoms with Crippen LogP contribution < -0.4 is 19.8 Å². The Morgan fingerprint density at radius 1 is 1.00 bits per heavy atom. The van der Waals surface area contributed by atoms with Crippen LogP contribution in [0.5, 0.6) is 17.2 Å². The van der Waals surface area contributed by atoms with Gasteiger partial charge in [-0.05, 0) is 60.1 Å². The summed E-state index contributed by atoms with van der Waals surface area (Å²) in [6, 6.07) is 13.3. The molecule has 38 heavy (non-hydrogen) atoms. The molecule has 1 aliphatic carbocycles. The summed E-state index contributed by atoms with van der Waals surface area (Å²) in [5, 5.41) is 13.6. The third kappa shape index (κ3) is 5.08. The van der Waals surface area contributed by atoms with Gasteiger partial charge in [0.05, 0.1) is 33.4 Å². The number of ether oxygens (including phenoxy) is 3. The molecule has 10 nitrogen and oxygen atoms in total. The third-order valence-corrected chi connectivity index (χ3v) is 7.53. The molecular weight excluding hydrogens is 484 g/mol. The van der Waals surface area contributed by atoms with Crippen molar-refractivity contribution >= 4 is 10.9 Å². The molecule has 4 aromatic rings. The highest BCUT2D eigenvalue weighted by atomic mass is 16.5. The maximum atomic E-state index is 13.6. The molecule has 0 unspecified atom stereocenters. The van der Waals surface area contributed by atoms with Gasteiger partial charge in [0.1, 0.15) is 11.8 Å². The predicted octanol–water partition coefficient (Wildman–Crippen LogP) is 3.94. The van der Waals surface area contributed by atoms with Gasteiger partial charge in [0.2, 0.25) is 0 Å². The lowest BCUT2D eigenvalue weighted by molar-refractivity contribution is 0.149. The topological polar surface area (TPSA) is 107 Å². The molecule has 0 amide bonds. The first kappa shape index (κ1) is 25.7. The molecule has 200 valence electrons. The van der Waals surface area contributed by atoms with Gasteiger partial charge >= 0.3 is 0 Å². The lowest BCUT2D eigenvalue weighted by Gasteiger charge is -2.36. The smallest absolute Gasteiger partial charge is 0.253 e. The Kier molecular flexibility index (Phi) is 7.59. The quantitative estimate of drug-likeness (QED) is 0.355. The Balaban J connectivity index is 1.61. The summed E-state index contributed by atoms with van der Waals surface area (Å²) in [6.07, 6.45) is 5.72. The molecule has 5 rings (SSSR count). The molecular formula is C28H34N6O4. The minimum atomic E-state index is -0.437. The largest absolute Gasteiger partial charge is 0.497 e. The number of hydrogen-bond donors (Lipinski definition) is 1. The van der Waals surface area contributed by atoms with Crippen LogP contribution >= 0.6 is 0 Å². The molecule has 2 aromatic carbocycles. The fourth-order valence-electron chi connectivity index (χ4n) is 5.42. The van der Waals surface area contributed by atoms with Gasteiger partial charge in [-0.15, -0.1) is 5.10 Å². The number of tetrazole rings is 1. The van der Waals surface area contributed by atoms with Gasteiger partial charge in [0.15, 0.2) is 17.3 Å². The molecule has 0 bridgehead atoms. The first-order valence-corrected chi connectivity index (χ1v) is 12.9. The van der Waals surface area contributed by atoms with E-state index in [-0.39, 0.29) is 5.56 Å². The molecule has 1 fully saturated rings. The van der Waals surface area contributed by atoms with Crippen LogP contribution in [0, 0.1) is 0 Å². The number of rotatable bonds is 9. The van der Waals surface area contributed by atoms with Crippen LogP contribution in [0.15, 0.2) is 47.3 Å². The Morgan fingerprint density at radius 2 is 1.71 bits per heavy atom. The van der Waals surface area contributed by atoms with Crippen LogP contribution in [0.3, 0.4) is 0 Å². The molecule has 1 atom stereocenters. The van der Waals surface area contributed by atoms with Crippen molar-refractivity contribution in [3.8, 4) is 17.2 Å². The summed E-state index contributed by atoms with van der Waals surface area (Å²) >= 11 is 0. The SMILES string of the molecule is COc1ccc(Cn2nnnc2[C@@H](c2cc3cc(OC)c(OC)cc3[nH]c2=O)N(C)C2CCCCC2)cc1. The second-order valence-electron chi connectivity index (χ2n) is 9.75. The number of hydrogen-bond acceptors (Lipinski definition) is 8. The number of nitrogens with one attached hydrogen (secondary N) is 1. The van der Waals surface area contributed by atoms with E-state index in [1.807, 2.05) is 36.4 Å². The maximum Gasteiger partial charge on any atom is 0.253 e. The normalized spacial score (nSPS) is 15.1. The molecule has 2 heterocycles. The van der Waals surface area contributed by atoms with Gasteiger partial charge in [-0.25, -0.2) is 4.68 Å². The summed E-state index contributed by atoms with van der Waals surface area (Å²) in [4.78, 5) is 18.9. The average molecular weight is 519 g/mol. The number of H-pyrrole nitrogens is 1. The number of aromatic amines is 1. The average Bonchev–Trinajstić information content (AvgIpc) is 3.41. The van der Waals surface area contributed by atoms with Crippen molar-refractivity contribution in [2.24, 2.45) is 0 Å². The maximum absolute atomic E-state index is 13.6. The summed E-state index contributed by atoms with van der Waals surface area (Å²) in [7, 11) is 6.90. The molecule has 1 saturated carbocycles. The summed E-state index contributed by atoms with van der Waals surface area (Å²) in [5.41, 5.74) is 2.11. The fraction of sp³-hybridized carbons (Fsp3) is 0.429. The minimum Gasteiger partial charge on any atom is -0.497 e. The van der Waals surface area contributed by atoms with Crippen molar-refractivity contribution in [3.05, 3.63) is 69.8 Å². The summed E-state index contributed by atoms with van der Waals surface area (Å²) in [5.74, 6) is 2.57. The molecule has 1 aliphatic rings. The van der Waals surface area contributed by atoms with Crippen molar-refractivity contribution in [1.82, 2.24) is 30.1 Å². The highest BCUT2D eigenvalue weighted by Crippen LogP contribution is 2.35. The van der Waals surface area contributed by atoms with Crippen molar-refractivity contribution in [2.45, 2.75) is 50.7 Å². The standard InChI is InChI=1S/C28H34N6O4/c1-33(20-8-6-5-7-9-20)26(27-30-31-32-34(27)17-18-10-12-21(36-2)13-11-18)22-14-19-15-24(37-3)25(38-4)16-23(19)29-28(22)35/h10-16,20,26H,5-9,17H2,1-4H3,(H,29,35)/t26-/m1/s1. The fourth-order valence-corrected chi connectivity index (χ4v) is 5.42. The first-order chi connectivity index (χ1) is 18.5. The Morgan fingerprint density at radius 3 is 2.39 bits per heavy atom. The van der Waals surface area contributed by atoms with Crippen LogP contribution in [0.25, 0.3) is 10.9 Å². The van der Waals surface area contributed by atoms with Crippen LogP contribution in [0.4, 0.5) is 0 Å². The molecule has 1 N–H and O–H groups in total. The molecule has 10 heteroatoms. The number of nitrogens with zero attached hydrogens (tertiary/aromatic N) is 5. The molecule has 0 radical (unpaired) electrons. The van der Waals surface area contributed by atoms with E-state index in [0.29, 0.717) is 41.0 Å². The Hall–Kier alpha value is -3.92. The van der Waals surface area contributed by atoms with Gasteiger partial charge < -0.3 is 19.2 Å². The lowest BCUT2D eigenvalue weighted by Crippen LogP contribution is -2.40. The second-order valence-corrected chi connectivity index (χ2v) is 9.75.